The molecule has 0 heterocycles. The third-order valence-electron chi connectivity index (χ3n) is 3.59. The number of primary amides is 1. The zero-order valence-corrected chi connectivity index (χ0v) is 18.3. The number of nitrogens with two attached hydrogens (primary N) is 1. The van der Waals surface area contributed by atoms with Gasteiger partial charge in [-0.25, -0.2) is 13.2 Å². The van der Waals surface area contributed by atoms with E-state index in [1.165, 1.54) is 18.2 Å². The molecule has 3 amide bonds. The van der Waals surface area contributed by atoms with Crippen molar-refractivity contribution in [2.45, 2.75) is 56.7 Å². The summed E-state index contributed by atoms with van der Waals surface area (Å²) in [5.74, 6) is -1.19. The summed E-state index contributed by atoms with van der Waals surface area (Å²) in [5.41, 5.74) is 4.85. The molecule has 9 nitrogen and oxygen atoms in total. The van der Waals surface area contributed by atoms with Gasteiger partial charge >= 0.3 is 6.09 Å². The molecule has 0 radical (unpaired) electrons. The molecule has 1 unspecified atom stereocenters. The van der Waals surface area contributed by atoms with Crippen molar-refractivity contribution in [1.82, 2.24) is 10.6 Å². The molecule has 0 spiro atoms. The smallest absolute Gasteiger partial charge is 0.408 e. The molecule has 0 bridgehead atoms. The first-order chi connectivity index (χ1) is 13.2. The van der Waals surface area contributed by atoms with Crippen molar-refractivity contribution in [2.75, 3.05) is 6.26 Å². The largest absolute Gasteiger partial charge is 0.444 e. The maximum absolute atomic E-state index is 12.5. The predicted molar refractivity (Wildman–Crippen MR) is 108 cm³/mol. The lowest BCUT2D eigenvalue weighted by Gasteiger charge is -2.23. The second kappa shape index (κ2) is 9.93. The lowest BCUT2D eigenvalue weighted by molar-refractivity contribution is -0.124. The summed E-state index contributed by atoms with van der Waals surface area (Å²) < 4.78 is 28.3. The second-order valence-corrected chi connectivity index (χ2v) is 9.87. The molecule has 0 saturated carbocycles. The number of benzene rings is 1. The van der Waals surface area contributed by atoms with Gasteiger partial charge in [0.15, 0.2) is 9.84 Å². The third kappa shape index (κ3) is 9.14. The van der Waals surface area contributed by atoms with Gasteiger partial charge in [0.1, 0.15) is 11.6 Å². The van der Waals surface area contributed by atoms with Crippen molar-refractivity contribution < 1.29 is 27.5 Å². The number of hydrogen-bond acceptors (Lipinski definition) is 6. The summed E-state index contributed by atoms with van der Waals surface area (Å²) in [5, 5.41) is 5.18. The van der Waals surface area contributed by atoms with Crippen LogP contribution < -0.4 is 16.4 Å². The summed E-state index contributed by atoms with van der Waals surface area (Å²) in [4.78, 5) is 35.6. The minimum atomic E-state index is -3.41. The predicted octanol–water partition coefficient (Wildman–Crippen LogP) is 1.52. The van der Waals surface area contributed by atoms with Gasteiger partial charge in [0, 0.05) is 24.2 Å². The molecule has 1 atom stereocenters. The molecule has 0 aliphatic rings. The molecule has 0 saturated heterocycles. The van der Waals surface area contributed by atoms with Gasteiger partial charge in [-0.3, -0.25) is 9.59 Å². The maximum Gasteiger partial charge on any atom is 0.408 e. The lowest BCUT2D eigenvalue weighted by atomic mass is 10.1. The number of carbonyl (C=O) groups excluding carboxylic acids is 3. The Kier molecular flexibility index (Phi) is 8.46. The number of nitrogens with one attached hydrogen (secondary N) is 2. The number of halogens is 1. The standard InChI is InChI=1S/C18H26ClN3O6S/c1-18(2,3)28-17(25)22-14(7-8-15(20)23)16(24)21-10-11-5-6-12(9-13(11)19)29(4,26)27/h5-6,9,14H,7-8,10H2,1-4H3,(H2,20,23)(H,21,24)(H,22,25). The zero-order valence-electron chi connectivity index (χ0n) is 16.7. The molecule has 29 heavy (non-hydrogen) atoms. The third-order valence-corrected chi connectivity index (χ3v) is 5.05. The summed E-state index contributed by atoms with van der Waals surface area (Å²) in [7, 11) is -3.41. The fourth-order valence-corrected chi connectivity index (χ4v) is 3.17. The molecule has 1 aromatic carbocycles. The highest BCUT2D eigenvalue weighted by Crippen LogP contribution is 2.21. The van der Waals surface area contributed by atoms with Gasteiger partial charge in [0.25, 0.3) is 0 Å². The fourth-order valence-electron chi connectivity index (χ4n) is 2.21. The Bertz CT molecular complexity index is 880. The van der Waals surface area contributed by atoms with Gasteiger partial charge in [-0.05, 0) is 44.9 Å². The number of sulfone groups is 1. The quantitative estimate of drug-likeness (QED) is 0.550. The van der Waals surface area contributed by atoms with Crippen molar-refractivity contribution in [3.8, 4) is 0 Å². The van der Waals surface area contributed by atoms with Gasteiger partial charge < -0.3 is 21.1 Å². The molecule has 0 aromatic heterocycles. The van der Waals surface area contributed by atoms with Gasteiger partial charge in [-0.1, -0.05) is 17.7 Å². The van der Waals surface area contributed by atoms with E-state index in [-0.39, 0.29) is 29.3 Å². The number of hydrogen-bond donors (Lipinski definition) is 3. The monoisotopic (exact) mass is 447 g/mol. The molecular formula is C18H26ClN3O6S. The number of rotatable bonds is 8. The van der Waals surface area contributed by atoms with Crippen LogP contribution in [-0.4, -0.2) is 44.2 Å². The number of ether oxygens (including phenoxy) is 1. The first-order valence-electron chi connectivity index (χ1n) is 8.73. The van der Waals surface area contributed by atoms with Crippen LogP contribution in [0.15, 0.2) is 23.1 Å². The highest BCUT2D eigenvalue weighted by molar-refractivity contribution is 7.90. The summed E-state index contributed by atoms with van der Waals surface area (Å²) in [6, 6.07) is 3.11. The van der Waals surface area contributed by atoms with Crippen molar-refractivity contribution in [2.24, 2.45) is 5.73 Å². The van der Waals surface area contributed by atoms with E-state index in [0.29, 0.717) is 5.56 Å². The zero-order chi connectivity index (χ0) is 22.4. The van der Waals surface area contributed by atoms with Gasteiger partial charge in [0.2, 0.25) is 11.8 Å². The summed E-state index contributed by atoms with van der Waals surface area (Å²) in [6.07, 6.45) is 0.127. The van der Waals surface area contributed by atoms with E-state index in [9.17, 15) is 22.8 Å². The SMILES string of the molecule is CC(C)(C)OC(=O)NC(CCC(N)=O)C(=O)NCc1ccc(S(C)(=O)=O)cc1Cl. The first-order valence-corrected chi connectivity index (χ1v) is 11.0. The lowest BCUT2D eigenvalue weighted by Crippen LogP contribution is -2.48. The molecule has 1 aromatic rings. The van der Waals surface area contributed by atoms with Crippen molar-refractivity contribution in [3.05, 3.63) is 28.8 Å². The minimum Gasteiger partial charge on any atom is -0.444 e. The molecule has 4 N–H and O–H groups in total. The van der Waals surface area contributed by atoms with Crippen LogP contribution in [0.25, 0.3) is 0 Å². The van der Waals surface area contributed by atoms with Crippen LogP contribution >= 0.6 is 11.6 Å². The highest BCUT2D eigenvalue weighted by Gasteiger charge is 2.25. The van der Waals surface area contributed by atoms with Crippen molar-refractivity contribution >= 4 is 39.3 Å². The molecule has 0 aliphatic carbocycles. The van der Waals surface area contributed by atoms with Crippen LogP contribution in [0.2, 0.25) is 5.02 Å². The maximum atomic E-state index is 12.5. The average molecular weight is 448 g/mol. The fraction of sp³-hybridized carbons (Fsp3) is 0.500. The highest BCUT2D eigenvalue weighted by atomic mass is 35.5. The van der Waals surface area contributed by atoms with Crippen LogP contribution in [0.4, 0.5) is 4.79 Å². The Labute approximate surface area is 175 Å². The van der Waals surface area contributed by atoms with Crippen LogP contribution in [0.5, 0.6) is 0 Å². The van der Waals surface area contributed by atoms with E-state index >= 15 is 0 Å². The van der Waals surface area contributed by atoms with Crippen LogP contribution in [0, 0.1) is 0 Å². The first kappa shape index (κ1) is 24.7. The molecule has 0 aliphatic heterocycles. The number of carbonyl (C=O) groups is 3. The minimum absolute atomic E-state index is 0.00915. The van der Waals surface area contributed by atoms with Gasteiger partial charge in [-0.15, -0.1) is 0 Å². The molecule has 162 valence electrons. The van der Waals surface area contributed by atoms with Crippen molar-refractivity contribution in [3.63, 3.8) is 0 Å². The Morgan fingerprint density at radius 1 is 1.24 bits per heavy atom. The average Bonchev–Trinajstić information content (AvgIpc) is 2.54. The Balaban J connectivity index is 2.83. The van der Waals surface area contributed by atoms with E-state index in [1.54, 1.807) is 20.8 Å². The van der Waals surface area contributed by atoms with Crippen molar-refractivity contribution in [1.29, 1.82) is 0 Å². The number of amides is 3. The Hall–Kier alpha value is -2.33. The molecule has 0 fully saturated rings. The molecule has 11 heteroatoms. The van der Waals surface area contributed by atoms with Gasteiger partial charge in [0.05, 0.1) is 4.90 Å². The van der Waals surface area contributed by atoms with Crippen LogP contribution in [0.3, 0.4) is 0 Å². The van der Waals surface area contributed by atoms with E-state index < -0.39 is 39.4 Å². The normalized spacial score (nSPS) is 12.7. The van der Waals surface area contributed by atoms with Gasteiger partial charge in [-0.2, -0.15) is 0 Å². The van der Waals surface area contributed by atoms with E-state index in [1.807, 2.05) is 0 Å². The topological polar surface area (TPSA) is 145 Å². The van der Waals surface area contributed by atoms with E-state index in [0.717, 1.165) is 6.26 Å². The van der Waals surface area contributed by atoms with Crippen LogP contribution in [0.1, 0.15) is 39.2 Å². The second-order valence-electron chi connectivity index (χ2n) is 7.45. The Morgan fingerprint density at radius 2 is 1.86 bits per heavy atom. The van der Waals surface area contributed by atoms with E-state index in [4.69, 9.17) is 22.1 Å². The van der Waals surface area contributed by atoms with E-state index in [2.05, 4.69) is 10.6 Å². The Morgan fingerprint density at radius 3 is 2.34 bits per heavy atom. The summed E-state index contributed by atoms with van der Waals surface area (Å²) in [6.45, 7) is 5.01. The number of alkyl carbamates (subject to hydrolysis) is 1. The molecular weight excluding hydrogens is 422 g/mol. The van der Waals surface area contributed by atoms with Crippen LogP contribution in [-0.2, 0) is 30.7 Å². The molecule has 1 rings (SSSR count). The summed E-state index contributed by atoms with van der Waals surface area (Å²) >= 11 is 6.09.